The second kappa shape index (κ2) is 6.79. The van der Waals surface area contributed by atoms with Gasteiger partial charge in [0.25, 0.3) is 0 Å². The number of piperidine rings is 1. The maximum absolute atomic E-state index is 13.8. The van der Waals surface area contributed by atoms with Crippen LogP contribution in [0.2, 0.25) is 0 Å². The Labute approximate surface area is 141 Å². The van der Waals surface area contributed by atoms with Gasteiger partial charge in [0.05, 0.1) is 5.69 Å². The quantitative estimate of drug-likeness (QED) is 0.923. The fraction of sp³-hybridized carbons (Fsp3) is 0.556. The molecule has 0 aliphatic carbocycles. The van der Waals surface area contributed by atoms with Crippen molar-refractivity contribution in [2.45, 2.75) is 44.6 Å². The van der Waals surface area contributed by atoms with Crippen molar-refractivity contribution in [2.24, 2.45) is 0 Å². The van der Waals surface area contributed by atoms with E-state index in [1.54, 1.807) is 17.0 Å². The molecule has 0 radical (unpaired) electrons. The van der Waals surface area contributed by atoms with Crippen LogP contribution in [0.1, 0.15) is 39.0 Å². The van der Waals surface area contributed by atoms with Crippen LogP contribution in [0.5, 0.6) is 0 Å². The number of carbonyl (C=O) groups excluding carboxylic acids is 2. The van der Waals surface area contributed by atoms with E-state index in [9.17, 15) is 14.0 Å². The lowest BCUT2D eigenvalue weighted by molar-refractivity contribution is -0.145. The van der Waals surface area contributed by atoms with Gasteiger partial charge in [0.2, 0.25) is 5.91 Å². The highest BCUT2D eigenvalue weighted by atomic mass is 19.1. The number of carbonyl (C=O) groups is 2. The van der Waals surface area contributed by atoms with Gasteiger partial charge in [-0.25, -0.2) is 9.18 Å². The first-order valence-corrected chi connectivity index (χ1v) is 8.71. The molecule has 0 aromatic heterocycles. The van der Waals surface area contributed by atoms with Crippen molar-refractivity contribution in [1.29, 1.82) is 0 Å². The van der Waals surface area contributed by atoms with Crippen LogP contribution in [-0.4, -0.2) is 46.9 Å². The maximum Gasteiger partial charge on any atom is 0.322 e. The summed E-state index contributed by atoms with van der Waals surface area (Å²) in [5.74, 6) is -0.418. The van der Waals surface area contributed by atoms with E-state index in [1.165, 1.54) is 12.1 Å². The summed E-state index contributed by atoms with van der Waals surface area (Å²) in [6.07, 6.45) is 3.99. The Morgan fingerprint density at radius 3 is 2.67 bits per heavy atom. The molecule has 24 heavy (non-hydrogen) atoms. The Hall–Kier alpha value is -2.11. The average Bonchev–Trinajstić information content (AvgIpc) is 2.99. The van der Waals surface area contributed by atoms with Crippen molar-refractivity contribution < 1.29 is 14.0 Å². The van der Waals surface area contributed by atoms with E-state index in [4.69, 9.17) is 0 Å². The van der Waals surface area contributed by atoms with Crippen LogP contribution in [-0.2, 0) is 4.79 Å². The summed E-state index contributed by atoms with van der Waals surface area (Å²) in [5.41, 5.74) is -0.596. The Morgan fingerprint density at radius 2 is 1.96 bits per heavy atom. The molecule has 2 fully saturated rings. The summed E-state index contributed by atoms with van der Waals surface area (Å²) in [6, 6.07) is 5.71. The molecular formula is C18H24FN3O2. The van der Waals surface area contributed by atoms with Crippen LogP contribution in [0.4, 0.5) is 14.9 Å². The van der Waals surface area contributed by atoms with Gasteiger partial charge in [-0.15, -0.1) is 0 Å². The number of anilines is 1. The number of para-hydroxylation sites is 1. The summed E-state index contributed by atoms with van der Waals surface area (Å²) >= 11 is 0. The molecule has 3 rings (SSSR count). The fourth-order valence-electron chi connectivity index (χ4n) is 3.95. The van der Waals surface area contributed by atoms with E-state index in [1.807, 2.05) is 11.8 Å². The molecule has 5 nitrogen and oxygen atoms in total. The summed E-state index contributed by atoms with van der Waals surface area (Å²) in [7, 11) is 0. The van der Waals surface area contributed by atoms with Gasteiger partial charge in [-0.3, -0.25) is 4.79 Å². The highest BCUT2D eigenvalue weighted by Crippen LogP contribution is 2.38. The summed E-state index contributed by atoms with van der Waals surface area (Å²) in [4.78, 5) is 29.2. The monoisotopic (exact) mass is 333 g/mol. The minimum Gasteiger partial charge on any atom is -0.341 e. The molecule has 130 valence electrons. The fourth-order valence-corrected chi connectivity index (χ4v) is 3.95. The third kappa shape index (κ3) is 2.85. The lowest BCUT2D eigenvalue weighted by atomic mass is 9.85. The lowest BCUT2D eigenvalue weighted by Crippen LogP contribution is -2.62. The van der Waals surface area contributed by atoms with Crippen LogP contribution < -0.4 is 5.32 Å². The van der Waals surface area contributed by atoms with Gasteiger partial charge in [-0.1, -0.05) is 19.1 Å². The summed E-state index contributed by atoms with van der Waals surface area (Å²) < 4.78 is 13.8. The molecule has 2 heterocycles. The van der Waals surface area contributed by atoms with Crippen LogP contribution in [0.15, 0.2) is 24.3 Å². The Balaban J connectivity index is 1.80. The van der Waals surface area contributed by atoms with E-state index in [0.717, 1.165) is 32.4 Å². The molecule has 1 atom stereocenters. The first kappa shape index (κ1) is 16.7. The predicted molar refractivity (Wildman–Crippen MR) is 90.2 cm³/mol. The third-order valence-corrected chi connectivity index (χ3v) is 5.05. The largest absolute Gasteiger partial charge is 0.341 e. The average molecular weight is 333 g/mol. The number of halogens is 1. The first-order chi connectivity index (χ1) is 11.6. The van der Waals surface area contributed by atoms with Crippen molar-refractivity contribution in [3.63, 3.8) is 0 Å². The SMILES string of the molecule is CCCN1CCCC2(CCCN2C(=O)Nc2ccccc2F)C1=O. The Kier molecular flexibility index (Phi) is 4.73. The smallest absolute Gasteiger partial charge is 0.322 e. The number of nitrogens with one attached hydrogen (secondary N) is 1. The first-order valence-electron chi connectivity index (χ1n) is 8.71. The van der Waals surface area contributed by atoms with Crippen LogP contribution in [0.25, 0.3) is 0 Å². The third-order valence-electron chi connectivity index (χ3n) is 5.05. The maximum atomic E-state index is 13.8. The van der Waals surface area contributed by atoms with Crippen molar-refractivity contribution in [3.8, 4) is 0 Å². The van der Waals surface area contributed by atoms with Gasteiger partial charge in [0, 0.05) is 19.6 Å². The van der Waals surface area contributed by atoms with Crippen molar-refractivity contribution >= 4 is 17.6 Å². The zero-order valence-corrected chi connectivity index (χ0v) is 14.1. The molecule has 6 heteroatoms. The molecule has 2 saturated heterocycles. The molecular weight excluding hydrogens is 309 g/mol. The molecule has 1 spiro atoms. The van der Waals surface area contributed by atoms with Crippen molar-refractivity contribution in [2.75, 3.05) is 25.0 Å². The van der Waals surface area contributed by atoms with E-state index < -0.39 is 11.4 Å². The summed E-state index contributed by atoms with van der Waals surface area (Å²) in [6.45, 7) is 4.07. The normalized spacial score (nSPS) is 23.8. The van der Waals surface area contributed by atoms with Gasteiger partial charge in [0.1, 0.15) is 11.4 Å². The number of benzene rings is 1. The number of likely N-dealkylation sites (tertiary alicyclic amines) is 2. The number of amides is 3. The van der Waals surface area contributed by atoms with Crippen LogP contribution in [0.3, 0.4) is 0 Å². The molecule has 2 aliphatic heterocycles. The molecule has 1 aromatic rings. The Morgan fingerprint density at radius 1 is 1.25 bits per heavy atom. The molecule has 3 amide bonds. The second-order valence-corrected chi connectivity index (χ2v) is 6.59. The highest BCUT2D eigenvalue weighted by molar-refractivity contribution is 5.97. The molecule has 0 bridgehead atoms. The van der Waals surface area contributed by atoms with E-state index >= 15 is 0 Å². The number of hydrogen-bond acceptors (Lipinski definition) is 2. The van der Waals surface area contributed by atoms with Gasteiger partial charge in [-0.2, -0.15) is 0 Å². The van der Waals surface area contributed by atoms with Crippen LogP contribution in [0, 0.1) is 5.82 Å². The van der Waals surface area contributed by atoms with Gasteiger partial charge in [0.15, 0.2) is 0 Å². The molecule has 0 saturated carbocycles. The minimum atomic E-state index is -0.747. The van der Waals surface area contributed by atoms with E-state index in [2.05, 4.69) is 5.32 Å². The van der Waals surface area contributed by atoms with Crippen molar-refractivity contribution in [3.05, 3.63) is 30.1 Å². The second-order valence-electron chi connectivity index (χ2n) is 6.59. The summed E-state index contributed by atoms with van der Waals surface area (Å²) in [5, 5.41) is 2.63. The molecule has 1 aromatic carbocycles. The van der Waals surface area contributed by atoms with Gasteiger partial charge >= 0.3 is 6.03 Å². The molecule has 1 unspecified atom stereocenters. The van der Waals surface area contributed by atoms with Gasteiger partial charge < -0.3 is 15.1 Å². The minimum absolute atomic E-state index is 0.0526. The lowest BCUT2D eigenvalue weighted by Gasteiger charge is -2.44. The molecule has 1 N–H and O–H groups in total. The number of rotatable bonds is 3. The zero-order chi connectivity index (χ0) is 17.2. The topological polar surface area (TPSA) is 52.6 Å². The standard InChI is InChI=1S/C18H24FN3O2/c1-2-11-21-12-5-9-18(16(21)23)10-6-13-22(18)17(24)20-15-8-4-3-7-14(15)19/h3-4,7-8H,2,5-6,9-13H2,1H3,(H,20,24). The Bertz CT molecular complexity index is 634. The van der Waals surface area contributed by atoms with E-state index in [0.29, 0.717) is 19.4 Å². The molecule has 2 aliphatic rings. The number of nitrogens with zero attached hydrogens (tertiary/aromatic N) is 2. The highest BCUT2D eigenvalue weighted by Gasteiger charge is 2.52. The van der Waals surface area contributed by atoms with E-state index in [-0.39, 0.29) is 17.6 Å². The number of urea groups is 1. The zero-order valence-electron chi connectivity index (χ0n) is 14.1. The van der Waals surface area contributed by atoms with Crippen LogP contribution >= 0.6 is 0 Å². The number of hydrogen-bond donors (Lipinski definition) is 1. The van der Waals surface area contributed by atoms with Crippen molar-refractivity contribution in [1.82, 2.24) is 9.80 Å². The van der Waals surface area contributed by atoms with Gasteiger partial charge in [-0.05, 0) is 44.2 Å². The predicted octanol–water partition coefficient (Wildman–Crippen LogP) is 3.22.